The first-order valence-corrected chi connectivity index (χ1v) is 25.3. The molecule has 17 nitrogen and oxygen atoms in total. The zero-order valence-corrected chi connectivity index (χ0v) is 44.8. The van der Waals surface area contributed by atoms with Crippen LogP contribution in [0.3, 0.4) is 0 Å². The molecule has 0 radical (unpaired) electrons. The Kier molecular flexibility index (Phi) is 57.9. The van der Waals surface area contributed by atoms with Gasteiger partial charge >= 0.3 is 97.5 Å². The monoisotopic (exact) mass is 927 g/mol. The van der Waals surface area contributed by atoms with Crippen molar-refractivity contribution in [1.82, 2.24) is 0 Å². The van der Waals surface area contributed by atoms with E-state index in [0.29, 0.717) is 96.3 Å². The summed E-state index contributed by atoms with van der Waals surface area (Å²) < 4.78 is 61.8. The SMILES string of the molecule is CCO[Si](CCCCl)(OCC)OCC.CCO[Si](CCCOC(=O)/C=C/C(=O)OCCC[Si](OCC)(OCC)OCC)(OCC)OCC.O=[C-]/C=C/C(=O)[O-].[Na+].[Na+].[OH3+]. The molecule has 0 aliphatic carbocycles. The molecular weight excluding hydrogens is 858 g/mol. The fraction of sp³-hybridized carbons (Fsp3) is 0.771. The first kappa shape index (κ1) is 69.8. The third kappa shape index (κ3) is 39.0. The Morgan fingerprint density at radius 3 is 0.966 bits per heavy atom. The van der Waals surface area contributed by atoms with Gasteiger partial charge < -0.3 is 69.5 Å². The van der Waals surface area contributed by atoms with E-state index in [1.165, 1.54) is 6.29 Å². The molecule has 3 N–H and O–H groups in total. The quantitative estimate of drug-likeness (QED) is 0.0128. The zero-order chi connectivity index (χ0) is 42.3. The fourth-order valence-corrected chi connectivity index (χ4v) is 12.7. The molecule has 0 heterocycles. The number of aliphatic carboxylic acids is 1. The molecule has 23 heteroatoms. The number of alkyl halides is 1. The average Bonchev–Trinajstić information content (AvgIpc) is 3.14. The zero-order valence-electron chi connectivity index (χ0n) is 37.0. The number of hydrogen-bond acceptors (Lipinski definition) is 16. The minimum Gasteiger partial charge on any atom is -0.566 e. The van der Waals surface area contributed by atoms with Crippen molar-refractivity contribution in [2.45, 2.75) is 99.7 Å². The van der Waals surface area contributed by atoms with Crippen molar-refractivity contribution >= 4 is 62.2 Å². The van der Waals surface area contributed by atoms with Crippen molar-refractivity contribution < 1.29 is 138 Å². The molecule has 0 aromatic carbocycles. The summed E-state index contributed by atoms with van der Waals surface area (Å²) in [6, 6.07) is 1.89. The number of esters is 2. The summed E-state index contributed by atoms with van der Waals surface area (Å²) in [5.74, 6) is -2.00. The van der Waals surface area contributed by atoms with Crippen LogP contribution in [0.4, 0.5) is 0 Å². The van der Waals surface area contributed by atoms with Gasteiger partial charge in [0, 0.05) is 95.6 Å². The van der Waals surface area contributed by atoms with Crippen LogP contribution in [0.2, 0.25) is 18.1 Å². The van der Waals surface area contributed by atoms with Crippen LogP contribution in [0, 0.1) is 0 Å². The Morgan fingerprint density at radius 1 is 0.517 bits per heavy atom. The second kappa shape index (κ2) is 48.1. The smallest absolute Gasteiger partial charge is 0.566 e. The van der Waals surface area contributed by atoms with Crippen LogP contribution < -0.4 is 64.2 Å². The summed E-state index contributed by atoms with van der Waals surface area (Å²) in [6.45, 7) is 22.4. The number of allylic oxidation sites excluding steroid dienone is 1. The Hall–Kier alpha value is 0.101. The number of carbonyl (C=O) groups is 3. The number of carbonyl (C=O) groups excluding carboxylic acids is 4. The van der Waals surface area contributed by atoms with Crippen molar-refractivity contribution in [2.24, 2.45) is 0 Å². The Morgan fingerprint density at radius 2 is 0.776 bits per heavy atom. The molecule has 0 aliphatic rings. The molecule has 0 aromatic rings. The van der Waals surface area contributed by atoms with E-state index in [2.05, 4.69) is 0 Å². The van der Waals surface area contributed by atoms with Gasteiger partial charge in [-0.2, -0.15) is 12.2 Å². The third-order valence-electron chi connectivity index (χ3n) is 6.28. The first-order chi connectivity index (χ1) is 26.4. The van der Waals surface area contributed by atoms with Crippen molar-refractivity contribution in [3.8, 4) is 0 Å². The second-order valence-corrected chi connectivity index (χ2v) is 19.0. The second-order valence-electron chi connectivity index (χ2n) is 10.4. The number of halogens is 1. The molecule has 0 bridgehead atoms. The first-order valence-electron chi connectivity index (χ1n) is 19.0. The maximum absolute atomic E-state index is 11.9. The molecule has 58 heavy (non-hydrogen) atoms. The topological polar surface area (TPSA) is 226 Å². The fourth-order valence-electron chi connectivity index (χ4n) is 4.54. The molecule has 0 rings (SSSR count). The van der Waals surface area contributed by atoms with Gasteiger partial charge in [-0.25, -0.2) is 9.59 Å². The Balaban J connectivity index is -0.000000232. The third-order valence-corrected chi connectivity index (χ3v) is 16.0. The van der Waals surface area contributed by atoms with Gasteiger partial charge in [0.15, 0.2) is 0 Å². The van der Waals surface area contributed by atoms with Gasteiger partial charge in [0.05, 0.1) is 13.2 Å². The minimum absolute atomic E-state index is 0. The van der Waals surface area contributed by atoms with Crippen molar-refractivity contribution in [2.75, 3.05) is 78.6 Å². The van der Waals surface area contributed by atoms with Gasteiger partial charge in [-0.05, 0) is 93.8 Å². The maximum Gasteiger partial charge on any atom is 1.00 e. The van der Waals surface area contributed by atoms with E-state index in [1.54, 1.807) is 0 Å². The van der Waals surface area contributed by atoms with E-state index in [-0.39, 0.29) is 77.8 Å². The van der Waals surface area contributed by atoms with Gasteiger partial charge in [-0.1, -0.05) is 0 Å². The van der Waals surface area contributed by atoms with Gasteiger partial charge in [0.25, 0.3) is 0 Å². The molecular formula is C35H70ClNa2O17Si3+. The standard InChI is InChI=1S/C22H44O10Si2.C9H21ClO3Si.C4H3O3.2Na.H2O/c1-7-27-33(28-8-2,29-9-3)19-13-17-25-21(23)15-16-22(24)26-18-14-20-34(30-10-4,31-11-5)32-12-6;1-4-11-14(12-5-2,13-6-3)9-7-8-10;5-3-1-2-4(6)7;;;/h15-16H,7-14,17-20H2,1-6H3;4-9H2,1-3H3;1-2H,(H,6,7);;;1H2/q;;-1;2*+1;/b16-15+;;2-1+;;;. The molecule has 0 aromatic heterocycles. The van der Waals surface area contributed by atoms with Crippen LogP contribution in [0.1, 0.15) is 81.6 Å². The normalized spacial score (nSPS) is 11.2. The molecule has 0 saturated heterocycles. The summed E-state index contributed by atoms with van der Waals surface area (Å²) in [5, 5.41) is 9.38. The predicted molar refractivity (Wildman–Crippen MR) is 217 cm³/mol. The van der Waals surface area contributed by atoms with E-state index >= 15 is 0 Å². The van der Waals surface area contributed by atoms with Gasteiger partial charge in [-0.15, -0.1) is 11.6 Å². The average molecular weight is 929 g/mol. The largest absolute Gasteiger partial charge is 1.00 e. The maximum atomic E-state index is 11.9. The van der Waals surface area contributed by atoms with Crippen molar-refractivity contribution in [3.05, 3.63) is 24.3 Å². The molecule has 0 fully saturated rings. The van der Waals surface area contributed by atoms with E-state index in [1.807, 2.05) is 62.3 Å². The van der Waals surface area contributed by atoms with Crippen LogP contribution in [0.25, 0.3) is 0 Å². The Labute approximate surface area is 399 Å². The predicted octanol–water partition coefficient (Wildman–Crippen LogP) is -2.34. The number of rotatable bonds is 33. The van der Waals surface area contributed by atoms with Crippen LogP contribution in [0.15, 0.2) is 24.3 Å². The molecule has 332 valence electrons. The number of carboxylic acids is 1. The molecule has 0 spiro atoms. The van der Waals surface area contributed by atoms with Crippen molar-refractivity contribution in [1.29, 1.82) is 0 Å². The summed E-state index contributed by atoms with van der Waals surface area (Å²) in [6.07, 6.45) is 6.64. The molecule has 0 unspecified atom stereocenters. The molecule has 0 amide bonds. The van der Waals surface area contributed by atoms with E-state index < -0.39 is 44.3 Å². The molecule has 0 atom stereocenters. The van der Waals surface area contributed by atoms with E-state index in [0.717, 1.165) is 30.7 Å². The minimum atomic E-state index is -2.76. The van der Waals surface area contributed by atoms with Gasteiger partial charge in [0.1, 0.15) is 0 Å². The van der Waals surface area contributed by atoms with Crippen molar-refractivity contribution in [3.63, 3.8) is 0 Å². The number of carboxylic acid groups (broad SMARTS) is 1. The van der Waals surface area contributed by atoms with Crippen LogP contribution in [0.5, 0.6) is 0 Å². The van der Waals surface area contributed by atoms with E-state index in [9.17, 15) is 24.3 Å². The summed E-state index contributed by atoms with van der Waals surface area (Å²) in [7, 11) is -7.92. The van der Waals surface area contributed by atoms with Crippen LogP contribution in [-0.2, 0) is 74.0 Å². The van der Waals surface area contributed by atoms with E-state index in [4.69, 9.17) is 60.9 Å². The summed E-state index contributed by atoms with van der Waals surface area (Å²) in [5.41, 5.74) is 0. The number of ether oxygens (including phenoxy) is 2. The molecule has 0 aliphatic heterocycles. The van der Waals surface area contributed by atoms with Crippen LogP contribution >= 0.6 is 11.6 Å². The van der Waals surface area contributed by atoms with Crippen LogP contribution in [-0.4, -0.2) is 129 Å². The van der Waals surface area contributed by atoms with Gasteiger partial charge in [0.2, 0.25) is 0 Å². The summed E-state index contributed by atoms with van der Waals surface area (Å²) in [4.78, 5) is 42.4. The number of hydrogen-bond donors (Lipinski definition) is 0. The van der Waals surface area contributed by atoms with Gasteiger partial charge in [-0.3, -0.25) is 0 Å². The summed E-state index contributed by atoms with van der Waals surface area (Å²) >= 11 is 5.66. The molecule has 0 saturated carbocycles. The Bertz CT molecular complexity index is 937.